The van der Waals surface area contributed by atoms with Crippen molar-refractivity contribution >= 4 is 11.1 Å². The van der Waals surface area contributed by atoms with Crippen LogP contribution in [0, 0.1) is 5.92 Å². The molecule has 3 rings (SSSR count). The molecule has 1 aliphatic rings. The molecular formula is C12H15N3O2. The summed E-state index contributed by atoms with van der Waals surface area (Å²) in [4.78, 5) is 13.7. The van der Waals surface area contributed by atoms with Gasteiger partial charge in [0.2, 0.25) is 0 Å². The smallest absolute Gasteiger partial charge is 0.408 e. The minimum atomic E-state index is -0.423. The second-order valence-corrected chi connectivity index (χ2v) is 4.55. The molecule has 5 heteroatoms. The number of nitrogens with one attached hydrogen (secondary N) is 2. The molecule has 1 saturated heterocycles. The molecule has 4 N–H and O–H groups in total. The Morgan fingerprint density at radius 1 is 1.47 bits per heavy atom. The Morgan fingerprint density at radius 2 is 2.35 bits per heavy atom. The van der Waals surface area contributed by atoms with E-state index in [1.807, 2.05) is 18.2 Å². The van der Waals surface area contributed by atoms with Crippen molar-refractivity contribution in [3.63, 3.8) is 0 Å². The van der Waals surface area contributed by atoms with E-state index in [2.05, 4.69) is 10.3 Å². The van der Waals surface area contributed by atoms with Crippen LogP contribution in [0.3, 0.4) is 0 Å². The average molecular weight is 233 g/mol. The van der Waals surface area contributed by atoms with E-state index in [0.29, 0.717) is 11.5 Å². The number of hydrogen-bond donors (Lipinski definition) is 3. The first-order valence-corrected chi connectivity index (χ1v) is 5.83. The van der Waals surface area contributed by atoms with Gasteiger partial charge in [0, 0.05) is 6.04 Å². The predicted octanol–water partition coefficient (Wildman–Crippen LogP) is 0.730. The first-order chi connectivity index (χ1) is 8.24. The van der Waals surface area contributed by atoms with Crippen LogP contribution in [0.15, 0.2) is 27.4 Å². The molecule has 90 valence electrons. The van der Waals surface area contributed by atoms with Crippen molar-refractivity contribution in [2.75, 3.05) is 13.1 Å². The maximum atomic E-state index is 11.1. The minimum Gasteiger partial charge on any atom is -0.408 e. The van der Waals surface area contributed by atoms with E-state index in [4.69, 9.17) is 10.2 Å². The summed E-state index contributed by atoms with van der Waals surface area (Å²) in [7, 11) is 0. The largest absolute Gasteiger partial charge is 0.417 e. The highest BCUT2D eigenvalue weighted by Gasteiger charge is 2.23. The van der Waals surface area contributed by atoms with E-state index in [-0.39, 0.29) is 6.04 Å². The van der Waals surface area contributed by atoms with Crippen LogP contribution in [0.2, 0.25) is 0 Å². The van der Waals surface area contributed by atoms with Gasteiger partial charge in [0.15, 0.2) is 5.58 Å². The molecule has 0 amide bonds. The lowest BCUT2D eigenvalue weighted by Gasteiger charge is -2.18. The van der Waals surface area contributed by atoms with Gasteiger partial charge in [-0.2, -0.15) is 0 Å². The second-order valence-electron chi connectivity index (χ2n) is 4.55. The summed E-state index contributed by atoms with van der Waals surface area (Å²) >= 11 is 0. The quantitative estimate of drug-likeness (QED) is 0.714. The molecule has 1 aliphatic heterocycles. The van der Waals surface area contributed by atoms with Gasteiger partial charge in [-0.15, -0.1) is 0 Å². The van der Waals surface area contributed by atoms with Crippen LogP contribution in [0.4, 0.5) is 0 Å². The van der Waals surface area contributed by atoms with Gasteiger partial charge < -0.3 is 15.5 Å². The Balaban J connectivity index is 1.96. The van der Waals surface area contributed by atoms with Crippen LogP contribution in [-0.4, -0.2) is 18.1 Å². The Kier molecular flexibility index (Phi) is 2.49. The summed E-state index contributed by atoms with van der Waals surface area (Å²) in [6.07, 6.45) is 1.09. The van der Waals surface area contributed by atoms with Crippen LogP contribution in [0.25, 0.3) is 11.1 Å². The number of benzene rings is 1. The molecule has 1 aromatic carbocycles. The van der Waals surface area contributed by atoms with Gasteiger partial charge in [-0.1, -0.05) is 6.07 Å². The van der Waals surface area contributed by atoms with Crippen LogP contribution in [0.5, 0.6) is 0 Å². The summed E-state index contributed by atoms with van der Waals surface area (Å²) in [5.41, 5.74) is 8.55. The molecule has 17 heavy (non-hydrogen) atoms. The first-order valence-electron chi connectivity index (χ1n) is 5.83. The highest BCUT2D eigenvalue weighted by molar-refractivity contribution is 5.72. The van der Waals surface area contributed by atoms with Crippen molar-refractivity contribution in [2.45, 2.75) is 12.5 Å². The molecule has 0 radical (unpaired) electrons. The van der Waals surface area contributed by atoms with E-state index in [1.54, 1.807) is 0 Å². The summed E-state index contributed by atoms with van der Waals surface area (Å²) in [5.74, 6) is 0.0337. The van der Waals surface area contributed by atoms with E-state index < -0.39 is 5.76 Å². The summed E-state index contributed by atoms with van der Waals surface area (Å²) < 4.78 is 5.04. The monoisotopic (exact) mass is 233 g/mol. The van der Waals surface area contributed by atoms with Crippen LogP contribution >= 0.6 is 0 Å². The predicted molar refractivity (Wildman–Crippen MR) is 64.7 cm³/mol. The molecule has 2 unspecified atom stereocenters. The lowest BCUT2D eigenvalue weighted by Crippen LogP contribution is -2.23. The highest BCUT2D eigenvalue weighted by atomic mass is 16.4. The van der Waals surface area contributed by atoms with Gasteiger partial charge in [0.05, 0.1) is 5.52 Å². The molecule has 2 heterocycles. The lowest BCUT2D eigenvalue weighted by atomic mass is 9.93. The molecule has 2 aromatic rings. The number of oxazole rings is 1. The summed E-state index contributed by atoms with van der Waals surface area (Å²) in [6, 6.07) is 5.65. The molecule has 1 fully saturated rings. The van der Waals surface area contributed by atoms with Gasteiger partial charge in [-0.3, -0.25) is 4.98 Å². The van der Waals surface area contributed by atoms with Crippen LogP contribution in [-0.2, 0) is 0 Å². The van der Waals surface area contributed by atoms with Crippen molar-refractivity contribution in [1.82, 2.24) is 10.3 Å². The van der Waals surface area contributed by atoms with Crippen LogP contribution < -0.4 is 16.8 Å². The van der Waals surface area contributed by atoms with E-state index in [1.165, 1.54) is 0 Å². The maximum Gasteiger partial charge on any atom is 0.417 e. The molecule has 0 saturated carbocycles. The second kappa shape index (κ2) is 4.01. The zero-order chi connectivity index (χ0) is 11.8. The molecule has 2 atom stereocenters. The lowest BCUT2D eigenvalue weighted by molar-refractivity contribution is 0.469. The Hall–Kier alpha value is -1.59. The molecule has 1 aromatic heterocycles. The molecular weight excluding hydrogens is 218 g/mol. The summed E-state index contributed by atoms with van der Waals surface area (Å²) in [5, 5.41) is 3.30. The van der Waals surface area contributed by atoms with Crippen LogP contribution in [0.1, 0.15) is 18.0 Å². The third-order valence-electron chi connectivity index (χ3n) is 3.44. The van der Waals surface area contributed by atoms with Gasteiger partial charge in [0.25, 0.3) is 0 Å². The van der Waals surface area contributed by atoms with Gasteiger partial charge in [-0.25, -0.2) is 4.79 Å². The standard InChI is InChI=1S/C12H15N3O2/c13-11(8-3-4-14-6-8)7-1-2-9-10(5-7)17-12(16)15-9/h1-2,5,8,11,14H,3-4,6,13H2,(H,15,16). The number of aromatic amines is 1. The number of H-pyrrole nitrogens is 1. The highest BCUT2D eigenvalue weighted by Crippen LogP contribution is 2.26. The van der Waals surface area contributed by atoms with Gasteiger partial charge >= 0.3 is 5.76 Å². The number of aromatic nitrogens is 1. The molecule has 5 nitrogen and oxygen atoms in total. The number of hydrogen-bond acceptors (Lipinski definition) is 4. The molecule has 0 bridgehead atoms. The van der Waals surface area contributed by atoms with E-state index in [0.717, 1.165) is 30.6 Å². The third kappa shape index (κ3) is 1.87. The Bertz CT molecular complexity index is 581. The van der Waals surface area contributed by atoms with Crippen molar-refractivity contribution in [3.8, 4) is 0 Å². The van der Waals surface area contributed by atoms with Crippen molar-refractivity contribution in [1.29, 1.82) is 0 Å². The SMILES string of the molecule is NC(c1ccc2[nH]c(=O)oc2c1)C1CCNC1. The minimum absolute atomic E-state index is 0.00500. The third-order valence-corrected chi connectivity index (χ3v) is 3.44. The van der Waals surface area contributed by atoms with Gasteiger partial charge in [0.1, 0.15) is 0 Å². The fraction of sp³-hybridized carbons (Fsp3) is 0.417. The Morgan fingerprint density at radius 3 is 3.12 bits per heavy atom. The summed E-state index contributed by atoms with van der Waals surface area (Å²) in [6.45, 7) is 1.98. The number of fused-ring (bicyclic) bond motifs is 1. The fourth-order valence-electron chi connectivity index (χ4n) is 2.42. The zero-order valence-electron chi connectivity index (χ0n) is 9.40. The Labute approximate surface area is 98.0 Å². The van der Waals surface area contributed by atoms with E-state index >= 15 is 0 Å². The fourth-order valence-corrected chi connectivity index (χ4v) is 2.42. The number of rotatable bonds is 2. The zero-order valence-corrected chi connectivity index (χ0v) is 9.40. The van der Waals surface area contributed by atoms with Crippen molar-refractivity contribution < 1.29 is 4.42 Å². The molecule has 0 aliphatic carbocycles. The maximum absolute atomic E-state index is 11.1. The van der Waals surface area contributed by atoms with Crippen molar-refractivity contribution in [2.24, 2.45) is 11.7 Å². The van der Waals surface area contributed by atoms with Gasteiger partial charge in [-0.05, 0) is 43.1 Å². The van der Waals surface area contributed by atoms with E-state index in [9.17, 15) is 4.79 Å². The average Bonchev–Trinajstić information content (AvgIpc) is 2.94. The molecule has 0 spiro atoms. The topological polar surface area (TPSA) is 84.1 Å². The number of nitrogens with two attached hydrogens (primary N) is 1. The first kappa shape index (κ1) is 10.6. The normalized spacial score (nSPS) is 22.1. The van der Waals surface area contributed by atoms with Crippen molar-refractivity contribution in [3.05, 3.63) is 34.3 Å².